The van der Waals surface area contributed by atoms with Crippen LogP contribution in [0.1, 0.15) is 19.4 Å². The van der Waals surface area contributed by atoms with E-state index in [1.165, 1.54) is 16.0 Å². The average Bonchev–Trinajstić information content (AvgIpc) is 2.74. The minimum atomic E-state index is 0.342. The Hall–Kier alpha value is -1.48. The van der Waals surface area contributed by atoms with Crippen molar-refractivity contribution in [3.8, 4) is 11.5 Å². The first-order valence-corrected chi connectivity index (χ1v) is 6.05. The Labute approximate surface area is 103 Å². The molecule has 0 saturated carbocycles. The zero-order chi connectivity index (χ0) is 12.3. The topological polar surface area (TPSA) is 22.9 Å². The fraction of sp³-hybridized carbons (Fsp3) is 0.429. The highest BCUT2D eigenvalue weighted by atomic mass is 16.7. The van der Waals surface area contributed by atoms with Crippen molar-refractivity contribution >= 4 is 0 Å². The van der Waals surface area contributed by atoms with Gasteiger partial charge in [0, 0.05) is 5.56 Å². The summed E-state index contributed by atoms with van der Waals surface area (Å²) in [5.74, 6) is 1.72. The lowest BCUT2D eigenvalue weighted by molar-refractivity contribution is -0.907. The van der Waals surface area contributed by atoms with Gasteiger partial charge in [-0.15, -0.1) is 0 Å². The third-order valence-corrected chi connectivity index (χ3v) is 2.94. The van der Waals surface area contributed by atoms with Crippen molar-refractivity contribution in [2.24, 2.45) is 0 Å². The van der Waals surface area contributed by atoms with Crippen molar-refractivity contribution in [1.82, 2.24) is 0 Å². The lowest BCUT2D eigenvalue weighted by Crippen LogP contribution is -3.10. The first kappa shape index (κ1) is 12.0. The maximum absolute atomic E-state index is 5.39. The number of ether oxygens (including phenoxy) is 2. The molecule has 1 atom stereocenters. The molecule has 0 saturated heterocycles. The summed E-state index contributed by atoms with van der Waals surface area (Å²) in [6.45, 7) is 11.7. The fourth-order valence-corrected chi connectivity index (χ4v) is 2.08. The van der Waals surface area contributed by atoms with E-state index < -0.39 is 0 Å². The van der Waals surface area contributed by atoms with Crippen molar-refractivity contribution in [1.29, 1.82) is 0 Å². The number of hydrogen-bond acceptors (Lipinski definition) is 2. The summed E-state index contributed by atoms with van der Waals surface area (Å²) < 4.78 is 10.7. The molecule has 1 heterocycles. The van der Waals surface area contributed by atoms with Crippen LogP contribution in [0.3, 0.4) is 0 Å². The monoisotopic (exact) mass is 234 g/mol. The predicted molar refractivity (Wildman–Crippen MR) is 67.5 cm³/mol. The molecular weight excluding hydrogens is 214 g/mol. The SMILES string of the molecule is C=C(C)C[NH+](CC)Cc1ccc2c(c1)OCO2. The number of hydrogen-bond donors (Lipinski definition) is 1. The van der Waals surface area contributed by atoms with Crippen LogP contribution in [-0.2, 0) is 6.54 Å². The summed E-state index contributed by atoms with van der Waals surface area (Å²) in [6.07, 6.45) is 0. The van der Waals surface area contributed by atoms with E-state index in [1.807, 2.05) is 6.07 Å². The molecule has 0 fully saturated rings. The second kappa shape index (κ2) is 5.23. The summed E-state index contributed by atoms with van der Waals surface area (Å²) in [5.41, 5.74) is 2.51. The van der Waals surface area contributed by atoms with Gasteiger partial charge in [-0.2, -0.15) is 0 Å². The van der Waals surface area contributed by atoms with Crippen LogP contribution < -0.4 is 14.4 Å². The van der Waals surface area contributed by atoms with Crippen LogP contribution in [0.4, 0.5) is 0 Å². The fourth-order valence-electron chi connectivity index (χ4n) is 2.08. The third-order valence-electron chi connectivity index (χ3n) is 2.94. The molecule has 1 aromatic carbocycles. The molecule has 0 aromatic heterocycles. The minimum absolute atomic E-state index is 0.342. The third kappa shape index (κ3) is 3.01. The van der Waals surface area contributed by atoms with Crippen LogP contribution in [0.2, 0.25) is 0 Å². The normalized spacial score (nSPS) is 14.7. The Balaban J connectivity index is 2.04. The molecule has 3 heteroatoms. The summed E-state index contributed by atoms with van der Waals surface area (Å²) in [6, 6.07) is 6.18. The molecule has 1 N–H and O–H groups in total. The van der Waals surface area contributed by atoms with E-state index in [-0.39, 0.29) is 0 Å². The molecule has 3 nitrogen and oxygen atoms in total. The van der Waals surface area contributed by atoms with E-state index in [9.17, 15) is 0 Å². The Bertz CT molecular complexity index is 415. The quantitative estimate of drug-likeness (QED) is 0.778. The van der Waals surface area contributed by atoms with Gasteiger partial charge in [0.2, 0.25) is 6.79 Å². The molecule has 1 aliphatic rings. The maximum atomic E-state index is 5.39. The zero-order valence-corrected chi connectivity index (χ0v) is 10.6. The number of rotatable bonds is 5. The predicted octanol–water partition coefficient (Wildman–Crippen LogP) is 1.40. The number of likely N-dealkylation sites (N-methyl/N-ethyl adjacent to an activating group) is 1. The van der Waals surface area contributed by atoms with Crippen molar-refractivity contribution in [2.45, 2.75) is 20.4 Å². The van der Waals surface area contributed by atoms with Crippen LogP contribution >= 0.6 is 0 Å². The molecule has 1 unspecified atom stereocenters. The molecule has 92 valence electrons. The molecule has 2 rings (SSSR count). The largest absolute Gasteiger partial charge is 0.454 e. The Morgan fingerprint density at radius 3 is 2.82 bits per heavy atom. The second-order valence-electron chi connectivity index (χ2n) is 4.60. The highest BCUT2D eigenvalue weighted by Crippen LogP contribution is 2.32. The van der Waals surface area contributed by atoms with E-state index in [1.54, 1.807) is 0 Å². The van der Waals surface area contributed by atoms with Crippen LogP contribution in [0.15, 0.2) is 30.4 Å². The number of fused-ring (bicyclic) bond motifs is 1. The molecule has 0 radical (unpaired) electrons. The first-order valence-electron chi connectivity index (χ1n) is 6.05. The van der Waals surface area contributed by atoms with Crippen LogP contribution in [0.25, 0.3) is 0 Å². The second-order valence-corrected chi connectivity index (χ2v) is 4.60. The van der Waals surface area contributed by atoms with Gasteiger partial charge < -0.3 is 14.4 Å². The van der Waals surface area contributed by atoms with Crippen molar-refractivity contribution in [2.75, 3.05) is 19.9 Å². The maximum Gasteiger partial charge on any atom is 0.231 e. The highest BCUT2D eigenvalue weighted by Gasteiger charge is 2.15. The van der Waals surface area contributed by atoms with Gasteiger partial charge in [-0.25, -0.2) is 0 Å². The molecule has 1 aromatic rings. The molecule has 17 heavy (non-hydrogen) atoms. The summed E-state index contributed by atoms with van der Waals surface area (Å²) >= 11 is 0. The molecule has 1 aliphatic heterocycles. The van der Waals surface area contributed by atoms with E-state index in [0.29, 0.717) is 6.79 Å². The minimum Gasteiger partial charge on any atom is -0.454 e. The number of nitrogens with one attached hydrogen (secondary N) is 1. The first-order chi connectivity index (χ1) is 8.19. The molecule has 0 bridgehead atoms. The Morgan fingerprint density at radius 1 is 1.35 bits per heavy atom. The zero-order valence-electron chi connectivity index (χ0n) is 10.6. The number of benzene rings is 1. The lowest BCUT2D eigenvalue weighted by Gasteiger charge is -2.17. The van der Waals surface area contributed by atoms with Crippen molar-refractivity contribution < 1.29 is 14.4 Å². The number of quaternary nitrogens is 1. The average molecular weight is 234 g/mol. The van der Waals surface area contributed by atoms with Gasteiger partial charge in [-0.05, 0) is 37.6 Å². The van der Waals surface area contributed by atoms with Gasteiger partial charge in [-0.1, -0.05) is 6.58 Å². The summed E-state index contributed by atoms with van der Waals surface area (Å²) in [4.78, 5) is 1.51. The molecule has 0 aliphatic carbocycles. The van der Waals surface area contributed by atoms with Crippen LogP contribution in [-0.4, -0.2) is 19.9 Å². The highest BCUT2D eigenvalue weighted by molar-refractivity contribution is 5.44. The van der Waals surface area contributed by atoms with Crippen molar-refractivity contribution in [3.05, 3.63) is 35.9 Å². The summed E-state index contributed by atoms with van der Waals surface area (Å²) in [7, 11) is 0. The van der Waals surface area contributed by atoms with Crippen molar-refractivity contribution in [3.63, 3.8) is 0 Å². The van der Waals surface area contributed by atoms with E-state index >= 15 is 0 Å². The Kier molecular flexibility index (Phi) is 3.69. The summed E-state index contributed by atoms with van der Waals surface area (Å²) in [5, 5.41) is 0. The Morgan fingerprint density at radius 2 is 2.12 bits per heavy atom. The van der Waals surface area contributed by atoms with E-state index in [4.69, 9.17) is 9.47 Å². The van der Waals surface area contributed by atoms with Gasteiger partial charge in [0.1, 0.15) is 6.54 Å². The molecule has 0 amide bonds. The van der Waals surface area contributed by atoms with Gasteiger partial charge in [0.25, 0.3) is 0 Å². The standard InChI is InChI=1S/C14H19NO2/c1-4-15(8-11(2)3)9-12-5-6-13-14(7-12)17-10-16-13/h5-7H,2,4,8-10H2,1,3H3/p+1. The molecule has 0 spiro atoms. The smallest absolute Gasteiger partial charge is 0.231 e. The van der Waals surface area contributed by atoms with Crippen LogP contribution in [0, 0.1) is 0 Å². The van der Waals surface area contributed by atoms with E-state index in [0.717, 1.165) is 31.1 Å². The van der Waals surface area contributed by atoms with Crippen LogP contribution in [0.5, 0.6) is 11.5 Å². The molecular formula is C14H20NO2+. The van der Waals surface area contributed by atoms with E-state index in [2.05, 4.69) is 32.6 Å². The van der Waals surface area contributed by atoms with Gasteiger partial charge >= 0.3 is 0 Å². The lowest BCUT2D eigenvalue weighted by atomic mass is 10.2. The van der Waals surface area contributed by atoms with Gasteiger partial charge in [0.05, 0.1) is 13.1 Å². The van der Waals surface area contributed by atoms with Gasteiger partial charge in [-0.3, -0.25) is 0 Å². The van der Waals surface area contributed by atoms with Gasteiger partial charge in [0.15, 0.2) is 11.5 Å².